The van der Waals surface area contributed by atoms with Crippen LogP contribution in [0.4, 0.5) is 4.39 Å². The van der Waals surface area contributed by atoms with E-state index in [9.17, 15) is 4.39 Å². The van der Waals surface area contributed by atoms with Gasteiger partial charge in [-0.1, -0.05) is 22.0 Å². The van der Waals surface area contributed by atoms with Crippen molar-refractivity contribution in [3.63, 3.8) is 0 Å². The molecular formula is C12H10BrFO. The molecule has 2 aromatic rings. The van der Waals surface area contributed by atoms with Gasteiger partial charge in [0, 0.05) is 10.7 Å². The monoisotopic (exact) mass is 268 g/mol. The Morgan fingerprint density at radius 2 is 2.20 bits per heavy atom. The predicted molar refractivity (Wildman–Crippen MR) is 63.6 cm³/mol. The molecule has 0 amide bonds. The number of allylic oxidation sites excluding steroid dienone is 1. The first kappa shape index (κ1) is 10.4. The van der Waals surface area contributed by atoms with E-state index in [1.807, 2.05) is 18.2 Å². The number of fused-ring (bicyclic) bond motifs is 1. The van der Waals surface area contributed by atoms with Gasteiger partial charge in [0.25, 0.3) is 0 Å². The standard InChI is InChI=1S/C12H10BrFO/c13-6-2-1-3-11-8-9-7-10(14)4-5-12(9)15-11/h1,3-5,7-8H,2,6H2/b3-1+. The van der Waals surface area contributed by atoms with Gasteiger partial charge in [-0.15, -0.1) is 0 Å². The molecule has 2 rings (SSSR count). The van der Waals surface area contributed by atoms with Crippen LogP contribution in [0.2, 0.25) is 0 Å². The van der Waals surface area contributed by atoms with Crippen molar-refractivity contribution >= 4 is 33.0 Å². The van der Waals surface area contributed by atoms with Crippen LogP contribution in [0.3, 0.4) is 0 Å². The van der Waals surface area contributed by atoms with Crippen molar-refractivity contribution in [2.24, 2.45) is 0 Å². The van der Waals surface area contributed by atoms with Gasteiger partial charge >= 0.3 is 0 Å². The van der Waals surface area contributed by atoms with Crippen LogP contribution in [-0.4, -0.2) is 5.33 Å². The molecule has 78 valence electrons. The molecule has 1 nitrogen and oxygen atoms in total. The van der Waals surface area contributed by atoms with E-state index in [0.717, 1.165) is 28.5 Å². The Bertz CT molecular complexity index is 487. The molecule has 0 spiro atoms. The normalized spacial score (nSPS) is 11.6. The lowest BCUT2D eigenvalue weighted by Crippen LogP contribution is -1.68. The summed E-state index contributed by atoms with van der Waals surface area (Å²) in [4.78, 5) is 0. The summed E-state index contributed by atoms with van der Waals surface area (Å²) in [6.07, 6.45) is 4.87. The quantitative estimate of drug-likeness (QED) is 0.754. The van der Waals surface area contributed by atoms with Crippen LogP contribution in [0.5, 0.6) is 0 Å². The van der Waals surface area contributed by atoms with Crippen molar-refractivity contribution in [3.8, 4) is 0 Å². The van der Waals surface area contributed by atoms with Gasteiger partial charge in [-0.2, -0.15) is 0 Å². The molecule has 15 heavy (non-hydrogen) atoms. The highest BCUT2D eigenvalue weighted by Crippen LogP contribution is 2.21. The minimum Gasteiger partial charge on any atom is -0.457 e. The molecule has 0 N–H and O–H groups in total. The molecule has 0 radical (unpaired) electrons. The molecule has 3 heteroatoms. The van der Waals surface area contributed by atoms with Crippen LogP contribution in [0.25, 0.3) is 17.0 Å². The highest BCUT2D eigenvalue weighted by molar-refractivity contribution is 9.09. The molecule has 0 bridgehead atoms. The Balaban J connectivity index is 2.30. The number of hydrogen-bond donors (Lipinski definition) is 0. The van der Waals surface area contributed by atoms with E-state index < -0.39 is 0 Å². The summed E-state index contributed by atoms with van der Waals surface area (Å²) in [6.45, 7) is 0. The first-order valence-electron chi connectivity index (χ1n) is 4.71. The lowest BCUT2D eigenvalue weighted by atomic mass is 10.2. The van der Waals surface area contributed by atoms with E-state index in [2.05, 4.69) is 15.9 Å². The molecule has 0 unspecified atom stereocenters. The van der Waals surface area contributed by atoms with Gasteiger partial charge in [0.2, 0.25) is 0 Å². The molecule has 0 aliphatic rings. The maximum atomic E-state index is 12.9. The fraction of sp³-hybridized carbons (Fsp3) is 0.167. The second-order valence-electron chi connectivity index (χ2n) is 3.21. The van der Waals surface area contributed by atoms with E-state index in [0.29, 0.717) is 0 Å². The van der Waals surface area contributed by atoms with Crippen LogP contribution in [0, 0.1) is 5.82 Å². The maximum Gasteiger partial charge on any atom is 0.134 e. The smallest absolute Gasteiger partial charge is 0.134 e. The fourth-order valence-electron chi connectivity index (χ4n) is 1.38. The first-order valence-corrected chi connectivity index (χ1v) is 5.83. The van der Waals surface area contributed by atoms with Crippen LogP contribution in [0.1, 0.15) is 12.2 Å². The third-order valence-corrected chi connectivity index (χ3v) is 2.51. The number of hydrogen-bond acceptors (Lipinski definition) is 1. The largest absolute Gasteiger partial charge is 0.457 e. The van der Waals surface area contributed by atoms with Crippen molar-refractivity contribution in [3.05, 3.63) is 41.9 Å². The van der Waals surface area contributed by atoms with Crippen LogP contribution in [-0.2, 0) is 0 Å². The molecule has 0 atom stereocenters. The molecule has 0 aliphatic carbocycles. The third-order valence-electron chi connectivity index (χ3n) is 2.06. The van der Waals surface area contributed by atoms with E-state index in [4.69, 9.17) is 4.42 Å². The van der Waals surface area contributed by atoms with Gasteiger partial charge in [0.05, 0.1) is 0 Å². The summed E-state index contributed by atoms with van der Waals surface area (Å²) in [5, 5.41) is 1.73. The van der Waals surface area contributed by atoms with E-state index in [1.54, 1.807) is 6.07 Å². The molecule has 0 saturated carbocycles. The average molecular weight is 269 g/mol. The highest BCUT2D eigenvalue weighted by atomic mass is 79.9. The highest BCUT2D eigenvalue weighted by Gasteiger charge is 2.01. The SMILES string of the molecule is Fc1ccc2oc(/C=C/CCBr)cc2c1. The predicted octanol–water partition coefficient (Wildman–Crippen LogP) is 4.37. The topological polar surface area (TPSA) is 13.1 Å². The average Bonchev–Trinajstić information content (AvgIpc) is 2.60. The van der Waals surface area contributed by atoms with Crippen molar-refractivity contribution in [2.75, 3.05) is 5.33 Å². The molecule has 1 aromatic heterocycles. The van der Waals surface area contributed by atoms with Crippen LogP contribution in [0.15, 0.2) is 34.8 Å². The van der Waals surface area contributed by atoms with E-state index in [-0.39, 0.29) is 5.82 Å². The van der Waals surface area contributed by atoms with Crippen LogP contribution < -0.4 is 0 Å². The summed E-state index contributed by atoms with van der Waals surface area (Å²) >= 11 is 3.34. The Morgan fingerprint density at radius 1 is 1.33 bits per heavy atom. The summed E-state index contributed by atoms with van der Waals surface area (Å²) in [5.41, 5.74) is 0.717. The molecule has 0 fully saturated rings. The van der Waals surface area contributed by atoms with Crippen molar-refractivity contribution in [1.29, 1.82) is 0 Å². The molecular weight excluding hydrogens is 259 g/mol. The van der Waals surface area contributed by atoms with Gasteiger partial charge in [-0.3, -0.25) is 0 Å². The molecule has 1 heterocycles. The summed E-state index contributed by atoms with van der Waals surface area (Å²) in [7, 11) is 0. The fourth-order valence-corrected chi connectivity index (χ4v) is 1.64. The van der Waals surface area contributed by atoms with Gasteiger partial charge in [-0.05, 0) is 36.8 Å². The summed E-state index contributed by atoms with van der Waals surface area (Å²) in [5.74, 6) is 0.524. The third kappa shape index (κ3) is 2.48. The van der Waals surface area contributed by atoms with Crippen molar-refractivity contribution < 1.29 is 8.81 Å². The minimum absolute atomic E-state index is 0.237. The van der Waals surface area contributed by atoms with E-state index in [1.165, 1.54) is 12.1 Å². The zero-order chi connectivity index (χ0) is 10.7. The number of benzene rings is 1. The molecule has 0 aliphatic heterocycles. The zero-order valence-corrected chi connectivity index (χ0v) is 9.63. The number of alkyl halides is 1. The van der Waals surface area contributed by atoms with Crippen molar-refractivity contribution in [1.82, 2.24) is 0 Å². The number of halogens is 2. The molecule has 1 aromatic carbocycles. The maximum absolute atomic E-state index is 12.9. The van der Waals surface area contributed by atoms with Gasteiger partial charge in [-0.25, -0.2) is 4.39 Å². The van der Waals surface area contributed by atoms with Gasteiger partial charge < -0.3 is 4.42 Å². The second-order valence-corrected chi connectivity index (χ2v) is 4.00. The van der Waals surface area contributed by atoms with Gasteiger partial charge in [0.15, 0.2) is 0 Å². The Hall–Kier alpha value is -1.09. The summed E-state index contributed by atoms with van der Waals surface area (Å²) in [6, 6.07) is 6.36. The number of furan rings is 1. The lowest BCUT2D eigenvalue weighted by Gasteiger charge is -1.86. The minimum atomic E-state index is -0.237. The van der Waals surface area contributed by atoms with Crippen LogP contribution >= 0.6 is 15.9 Å². The van der Waals surface area contributed by atoms with Gasteiger partial charge in [0.1, 0.15) is 17.2 Å². The molecule has 0 saturated heterocycles. The first-order chi connectivity index (χ1) is 7.29. The van der Waals surface area contributed by atoms with Crippen molar-refractivity contribution in [2.45, 2.75) is 6.42 Å². The Kier molecular flexibility index (Phi) is 3.21. The summed E-state index contributed by atoms with van der Waals surface area (Å²) < 4.78 is 18.4. The second kappa shape index (κ2) is 4.62. The lowest BCUT2D eigenvalue weighted by molar-refractivity contribution is 0.600. The van der Waals surface area contributed by atoms with E-state index >= 15 is 0 Å². The Labute approximate surface area is 95.7 Å². The Morgan fingerprint density at radius 3 is 3.00 bits per heavy atom. The number of rotatable bonds is 3. The zero-order valence-electron chi connectivity index (χ0n) is 8.04.